The van der Waals surface area contributed by atoms with Gasteiger partial charge in [-0.25, -0.2) is 9.59 Å². The molecule has 0 aliphatic rings. The van der Waals surface area contributed by atoms with Crippen LogP contribution in [0.2, 0.25) is 0 Å². The van der Waals surface area contributed by atoms with Crippen molar-refractivity contribution in [3.63, 3.8) is 0 Å². The molecule has 4 N–H and O–H groups in total. The lowest BCUT2D eigenvalue weighted by Crippen LogP contribution is -2.36. The van der Waals surface area contributed by atoms with E-state index >= 15 is 0 Å². The molecule has 0 unspecified atom stereocenters. The van der Waals surface area contributed by atoms with E-state index < -0.39 is 0 Å². The zero-order valence-electron chi connectivity index (χ0n) is 27.7. The second-order valence-corrected chi connectivity index (χ2v) is 12.2. The molecule has 0 aliphatic heterocycles. The van der Waals surface area contributed by atoms with Crippen molar-refractivity contribution in [1.82, 2.24) is 21.3 Å². The van der Waals surface area contributed by atoms with Gasteiger partial charge in [0.1, 0.15) is 0 Å². The zero-order chi connectivity index (χ0) is 29.9. The van der Waals surface area contributed by atoms with Crippen molar-refractivity contribution in [2.45, 2.75) is 187 Å². The van der Waals surface area contributed by atoms with E-state index in [2.05, 4.69) is 35.1 Å². The van der Waals surface area contributed by atoms with Crippen molar-refractivity contribution in [3.8, 4) is 0 Å². The van der Waals surface area contributed by atoms with Crippen LogP contribution >= 0.6 is 0 Å². The number of carbonyl (C=O) groups is 2. The Balaban J connectivity index is 3.23. The van der Waals surface area contributed by atoms with Gasteiger partial charge >= 0.3 is 12.1 Å². The number of unbranched alkanes of at least 4 members (excludes halogenated alkanes) is 24. The van der Waals surface area contributed by atoms with Crippen LogP contribution in [0.4, 0.5) is 9.59 Å². The third-order valence-corrected chi connectivity index (χ3v) is 8.06. The molecule has 244 valence electrons. The van der Waals surface area contributed by atoms with Crippen LogP contribution in [0.1, 0.15) is 187 Å². The summed E-state index contributed by atoms with van der Waals surface area (Å²) >= 11 is 0. The molecule has 0 aromatic heterocycles. The molecule has 6 nitrogen and oxygen atoms in total. The van der Waals surface area contributed by atoms with Crippen LogP contribution in [0.25, 0.3) is 0 Å². The molecule has 0 spiro atoms. The van der Waals surface area contributed by atoms with Gasteiger partial charge in [-0.05, 0) is 25.7 Å². The summed E-state index contributed by atoms with van der Waals surface area (Å²) in [7, 11) is 0. The average Bonchev–Trinajstić information content (AvgIpc) is 2.97. The summed E-state index contributed by atoms with van der Waals surface area (Å²) in [5.41, 5.74) is 0. The van der Waals surface area contributed by atoms with Crippen LogP contribution < -0.4 is 21.3 Å². The molecule has 0 heterocycles. The van der Waals surface area contributed by atoms with Crippen molar-refractivity contribution in [1.29, 1.82) is 0 Å². The summed E-state index contributed by atoms with van der Waals surface area (Å²) in [5, 5.41) is 12.0. The quantitative estimate of drug-likeness (QED) is 0.0597. The van der Waals surface area contributed by atoms with Gasteiger partial charge in [0.2, 0.25) is 0 Å². The Morgan fingerprint density at radius 1 is 0.293 bits per heavy atom. The molecule has 0 fully saturated rings. The van der Waals surface area contributed by atoms with Gasteiger partial charge in [0, 0.05) is 26.2 Å². The van der Waals surface area contributed by atoms with Gasteiger partial charge in [-0.15, -0.1) is 0 Å². The minimum absolute atomic E-state index is 0.0130. The Morgan fingerprint density at radius 3 is 0.659 bits per heavy atom. The zero-order valence-corrected chi connectivity index (χ0v) is 27.7. The lowest BCUT2D eigenvalue weighted by Gasteiger charge is -2.08. The van der Waals surface area contributed by atoms with E-state index in [1.807, 2.05) is 0 Å². The van der Waals surface area contributed by atoms with E-state index in [0.717, 1.165) is 51.9 Å². The Morgan fingerprint density at radius 2 is 0.463 bits per heavy atom. The molecular weight excluding hydrogens is 508 g/mol. The lowest BCUT2D eigenvalue weighted by atomic mass is 10.1. The molecule has 0 saturated carbocycles. The molecular formula is C35H72N4O2. The summed E-state index contributed by atoms with van der Waals surface area (Å²) in [6, 6.07) is -0.0260. The van der Waals surface area contributed by atoms with Gasteiger partial charge in [-0.3, -0.25) is 0 Å². The second kappa shape index (κ2) is 34.7. The third-order valence-electron chi connectivity index (χ3n) is 8.06. The fraction of sp³-hybridized carbons (Fsp3) is 0.943. The van der Waals surface area contributed by atoms with E-state index in [0.29, 0.717) is 0 Å². The number of amides is 4. The monoisotopic (exact) mass is 581 g/mol. The molecule has 6 heteroatoms. The molecule has 41 heavy (non-hydrogen) atoms. The summed E-state index contributed by atoms with van der Waals surface area (Å²) in [6.45, 7) is 7.64. The Hall–Kier alpha value is -1.46. The fourth-order valence-electron chi connectivity index (χ4n) is 5.29. The first-order chi connectivity index (χ1) is 20.2. The normalized spacial score (nSPS) is 11.0. The topological polar surface area (TPSA) is 82.3 Å². The van der Waals surface area contributed by atoms with Gasteiger partial charge < -0.3 is 21.3 Å². The molecule has 4 amide bonds. The van der Waals surface area contributed by atoms with E-state index in [-0.39, 0.29) is 12.1 Å². The van der Waals surface area contributed by atoms with Gasteiger partial charge in [0.05, 0.1) is 0 Å². The van der Waals surface area contributed by atoms with Crippen LogP contribution in [-0.2, 0) is 0 Å². The van der Waals surface area contributed by atoms with Gasteiger partial charge in [-0.1, -0.05) is 162 Å². The van der Waals surface area contributed by atoms with E-state index in [4.69, 9.17) is 0 Å². The number of nitrogens with one attached hydrogen (secondary N) is 4. The first kappa shape index (κ1) is 39.5. The SMILES string of the molecule is CCCCCCCCCCCCNC(=O)NCCCCCCCCCNC(=O)NCCCCCCCCCCCC. The summed E-state index contributed by atoms with van der Waals surface area (Å²) in [6.07, 6.45) is 34.5. The van der Waals surface area contributed by atoms with Crippen molar-refractivity contribution in [3.05, 3.63) is 0 Å². The maximum absolute atomic E-state index is 11.9. The standard InChI is InChI=1S/C35H72N4O2/c1-3-5-7-9-11-13-15-18-22-26-30-36-34(40)38-32-28-24-20-17-21-25-29-33-39-35(41)37-31-27-23-19-16-14-12-10-8-6-4-2/h3-33H2,1-2H3,(H2,36,38,40)(H2,37,39,41). The minimum Gasteiger partial charge on any atom is -0.338 e. The van der Waals surface area contributed by atoms with Crippen LogP contribution in [0.3, 0.4) is 0 Å². The van der Waals surface area contributed by atoms with Crippen LogP contribution in [0.5, 0.6) is 0 Å². The van der Waals surface area contributed by atoms with Crippen LogP contribution in [-0.4, -0.2) is 38.2 Å². The maximum atomic E-state index is 11.9. The predicted octanol–water partition coefficient (Wildman–Crippen LogP) is 10.2. The number of hydrogen-bond donors (Lipinski definition) is 4. The van der Waals surface area contributed by atoms with Crippen molar-refractivity contribution < 1.29 is 9.59 Å². The largest absolute Gasteiger partial charge is 0.338 e. The number of rotatable bonds is 32. The lowest BCUT2D eigenvalue weighted by molar-refractivity contribution is 0.239. The molecule has 0 aromatic rings. The van der Waals surface area contributed by atoms with Crippen molar-refractivity contribution in [2.75, 3.05) is 26.2 Å². The summed E-state index contributed by atoms with van der Waals surface area (Å²) < 4.78 is 0. The molecule has 0 radical (unpaired) electrons. The van der Waals surface area contributed by atoms with E-state index in [9.17, 15) is 9.59 Å². The smallest absolute Gasteiger partial charge is 0.314 e. The van der Waals surface area contributed by atoms with Gasteiger partial charge in [0.25, 0.3) is 0 Å². The van der Waals surface area contributed by atoms with Gasteiger partial charge in [-0.2, -0.15) is 0 Å². The molecule has 0 aromatic carbocycles. The molecule has 0 bridgehead atoms. The first-order valence-corrected chi connectivity index (χ1v) is 18.2. The van der Waals surface area contributed by atoms with Gasteiger partial charge in [0.15, 0.2) is 0 Å². The highest BCUT2D eigenvalue weighted by Crippen LogP contribution is 2.11. The number of carbonyl (C=O) groups excluding carboxylic acids is 2. The van der Waals surface area contributed by atoms with Crippen LogP contribution in [0, 0.1) is 0 Å². The average molecular weight is 581 g/mol. The molecule has 0 saturated heterocycles. The summed E-state index contributed by atoms with van der Waals surface area (Å²) in [4.78, 5) is 23.8. The predicted molar refractivity (Wildman–Crippen MR) is 179 cm³/mol. The highest BCUT2D eigenvalue weighted by Gasteiger charge is 2.01. The van der Waals surface area contributed by atoms with Crippen LogP contribution in [0.15, 0.2) is 0 Å². The Kier molecular flexibility index (Phi) is 33.5. The fourth-order valence-corrected chi connectivity index (χ4v) is 5.29. The molecule has 0 rings (SSSR count). The number of urea groups is 2. The Bertz CT molecular complexity index is 498. The highest BCUT2D eigenvalue weighted by atomic mass is 16.2. The first-order valence-electron chi connectivity index (χ1n) is 18.2. The second-order valence-electron chi connectivity index (χ2n) is 12.2. The highest BCUT2D eigenvalue weighted by molar-refractivity contribution is 5.74. The van der Waals surface area contributed by atoms with Crippen molar-refractivity contribution in [2.24, 2.45) is 0 Å². The minimum atomic E-state index is -0.0130. The summed E-state index contributed by atoms with van der Waals surface area (Å²) in [5.74, 6) is 0. The molecule has 0 aliphatic carbocycles. The Labute approximate surface area is 256 Å². The van der Waals surface area contributed by atoms with E-state index in [1.165, 1.54) is 148 Å². The number of hydrogen-bond acceptors (Lipinski definition) is 2. The van der Waals surface area contributed by atoms with E-state index in [1.54, 1.807) is 0 Å². The molecule has 0 atom stereocenters. The maximum Gasteiger partial charge on any atom is 0.314 e. The van der Waals surface area contributed by atoms with Crippen molar-refractivity contribution >= 4 is 12.1 Å². The third kappa shape index (κ3) is 34.6.